The number of ether oxygens (including phenoxy) is 1. The molecule has 3 N–H and O–H groups in total. The first-order valence-electron chi connectivity index (χ1n) is 14.4. The monoisotopic (exact) mass is 665 g/mol. The summed E-state index contributed by atoms with van der Waals surface area (Å²) in [6.45, 7) is 4.30. The molecule has 1 aliphatic heterocycles. The van der Waals surface area contributed by atoms with Crippen molar-refractivity contribution in [2.24, 2.45) is 17.6 Å². The topological polar surface area (TPSA) is 147 Å². The number of hydrogen-bond acceptors (Lipinski definition) is 7. The SMILES string of the molecule is CC(=O)N1C=C(c2cccc(OCc3cc(Cl)cc(Cl)c3)c2)N(CC(=O)[C@@H](C(=O)C(=O)O)C(N)c2ccccc2)C(=O)[C@H]1C(C)C. The molecule has 0 fully saturated rings. The number of hydrogen-bond donors (Lipinski definition) is 2. The molecule has 1 heterocycles. The Balaban J connectivity index is 1.73. The number of ketones is 2. The first-order chi connectivity index (χ1) is 21.8. The molecule has 1 unspecified atom stereocenters. The van der Waals surface area contributed by atoms with Crippen LogP contribution in [0.1, 0.15) is 43.5 Å². The van der Waals surface area contributed by atoms with E-state index in [1.165, 1.54) is 22.9 Å². The Morgan fingerprint density at radius 2 is 1.61 bits per heavy atom. The number of carboxylic acid groups (broad SMARTS) is 1. The van der Waals surface area contributed by atoms with Crippen molar-refractivity contribution in [2.75, 3.05) is 6.54 Å². The molecule has 0 bridgehead atoms. The molecular formula is C34H33Cl2N3O7. The van der Waals surface area contributed by atoms with Crippen LogP contribution in [-0.4, -0.2) is 56.8 Å². The number of rotatable bonds is 12. The van der Waals surface area contributed by atoms with E-state index in [0.717, 1.165) is 0 Å². The van der Waals surface area contributed by atoms with Crippen molar-refractivity contribution in [2.45, 2.75) is 39.5 Å². The van der Waals surface area contributed by atoms with E-state index in [9.17, 15) is 29.1 Å². The number of halogens is 2. The van der Waals surface area contributed by atoms with E-state index in [2.05, 4.69) is 0 Å². The summed E-state index contributed by atoms with van der Waals surface area (Å²) < 4.78 is 5.96. The fraction of sp³-hybridized carbons (Fsp3) is 0.265. The number of nitrogens with zero attached hydrogens (tertiary/aromatic N) is 2. The van der Waals surface area contributed by atoms with Crippen LogP contribution in [0.5, 0.6) is 5.75 Å². The van der Waals surface area contributed by atoms with Gasteiger partial charge in [-0.1, -0.05) is 79.5 Å². The fourth-order valence-electron chi connectivity index (χ4n) is 5.34. The number of carbonyl (C=O) groups is 5. The first-order valence-corrected chi connectivity index (χ1v) is 15.1. The van der Waals surface area contributed by atoms with Crippen molar-refractivity contribution in [1.29, 1.82) is 0 Å². The normalized spacial score (nSPS) is 16.1. The fourth-order valence-corrected chi connectivity index (χ4v) is 5.91. The Morgan fingerprint density at radius 1 is 0.957 bits per heavy atom. The third-order valence-electron chi connectivity index (χ3n) is 7.52. The highest BCUT2D eigenvalue weighted by atomic mass is 35.5. The number of nitrogens with two attached hydrogens (primary N) is 1. The summed E-state index contributed by atoms with van der Waals surface area (Å²) in [7, 11) is 0. The van der Waals surface area contributed by atoms with Crippen molar-refractivity contribution < 1.29 is 33.8 Å². The Hall–Kier alpha value is -4.51. The summed E-state index contributed by atoms with van der Waals surface area (Å²) in [6, 6.07) is 17.6. The van der Waals surface area contributed by atoms with Crippen molar-refractivity contribution >= 4 is 58.2 Å². The predicted molar refractivity (Wildman–Crippen MR) is 173 cm³/mol. The zero-order valence-electron chi connectivity index (χ0n) is 25.4. The van der Waals surface area contributed by atoms with Crippen LogP contribution in [0.2, 0.25) is 10.0 Å². The molecule has 0 aromatic heterocycles. The van der Waals surface area contributed by atoms with Crippen LogP contribution in [-0.2, 0) is 30.6 Å². The van der Waals surface area contributed by atoms with Crippen LogP contribution in [0.3, 0.4) is 0 Å². The number of Topliss-reactive ketones (excluding diaryl/α,β-unsaturated/α-hetero) is 2. The summed E-state index contributed by atoms with van der Waals surface area (Å²) in [4.78, 5) is 67.8. The minimum absolute atomic E-state index is 0.120. The lowest BCUT2D eigenvalue weighted by Crippen LogP contribution is -2.56. The molecule has 2 amide bonds. The molecule has 10 nitrogen and oxygen atoms in total. The van der Waals surface area contributed by atoms with Crippen molar-refractivity contribution in [3.05, 3.63) is 106 Å². The summed E-state index contributed by atoms with van der Waals surface area (Å²) in [5.74, 6) is -6.79. The van der Waals surface area contributed by atoms with E-state index in [4.69, 9.17) is 33.7 Å². The van der Waals surface area contributed by atoms with Gasteiger partial charge in [-0.05, 0) is 47.4 Å². The Kier molecular flexibility index (Phi) is 11.0. The number of amides is 2. The third-order valence-corrected chi connectivity index (χ3v) is 7.96. The lowest BCUT2D eigenvalue weighted by molar-refractivity contribution is -0.154. The van der Waals surface area contributed by atoms with Crippen molar-refractivity contribution in [3.63, 3.8) is 0 Å². The third kappa shape index (κ3) is 7.82. The molecule has 0 saturated carbocycles. The zero-order chi connectivity index (χ0) is 33.7. The number of benzene rings is 3. The van der Waals surface area contributed by atoms with Crippen molar-refractivity contribution in [3.8, 4) is 5.75 Å². The second kappa shape index (κ2) is 14.7. The van der Waals surface area contributed by atoms with Gasteiger partial charge in [0.15, 0.2) is 5.78 Å². The minimum atomic E-state index is -1.82. The summed E-state index contributed by atoms with van der Waals surface area (Å²) >= 11 is 12.2. The summed E-state index contributed by atoms with van der Waals surface area (Å²) in [5, 5.41) is 10.5. The molecule has 3 aromatic carbocycles. The molecule has 0 spiro atoms. The van der Waals surface area contributed by atoms with Gasteiger partial charge in [-0.15, -0.1) is 0 Å². The number of carboxylic acids is 1. The van der Waals surface area contributed by atoms with E-state index in [1.54, 1.807) is 86.6 Å². The van der Waals surface area contributed by atoms with E-state index < -0.39 is 53.9 Å². The van der Waals surface area contributed by atoms with Gasteiger partial charge in [0.25, 0.3) is 11.7 Å². The molecule has 46 heavy (non-hydrogen) atoms. The predicted octanol–water partition coefficient (Wildman–Crippen LogP) is 5.13. The molecule has 3 aromatic rings. The maximum atomic E-state index is 14.1. The molecule has 3 atom stereocenters. The number of aliphatic carboxylic acids is 1. The van der Waals surface area contributed by atoms with Gasteiger partial charge in [0.1, 0.15) is 24.3 Å². The lowest BCUT2D eigenvalue weighted by Gasteiger charge is -2.41. The van der Waals surface area contributed by atoms with Crippen LogP contribution in [0.15, 0.2) is 79.0 Å². The number of carbonyl (C=O) groups excluding carboxylic acids is 4. The van der Waals surface area contributed by atoms with Gasteiger partial charge >= 0.3 is 5.97 Å². The summed E-state index contributed by atoms with van der Waals surface area (Å²) in [6.07, 6.45) is 1.47. The molecule has 0 saturated heterocycles. The van der Waals surface area contributed by atoms with Gasteiger partial charge in [-0.3, -0.25) is 19.2 Å². The largest absolute Gasteiger partial charge is 0.489 e. The Morgan fingerprint density at radius 3 is 2.20 bits per heavy atom. The standard InChI is InChI=1S/C34H33Cl2N3O7/c1-19(2)31-33(43)39(17-28(41)29(32(42)34(44)45)30(37)22-8-5-4-6-9-22)27(16-38(31)20(3)40)23-10-7-11-26(14-23)46-18-21-12-24(35)15-25(36)13-21/h4-16,19,29-31H,17-18,37H2,1-3H3,(H,44,45)/t29-,30?,31-/m1/s1. The molecule has 0 aliphatic carbocycles. The van der Waals surface area contributed by atoms with E-state index in [-0.39, 0.29) is 18.2 Å². The molecule has 0 radical (unpaired) electrons. The van der Waals surface area contributed by atoms with E-state index in [1.807, 2.05) is 0 Å². The average Bonchev–Trinajstić information content (AvgIpc) is 3.00. The van der Waals surface area contributed by atoms with Crippen LogP contribution >= 0.6 is 23.2 Å². The minimum Gasteiger partial charge on any atom is -0.489 e. The lowest BCUT2D eigenvalue weighted by atomic mass is 9.86. The van der Waals surface area contributed by atoms with Crippen LogP contribution in [0, 0.1) is 11.8 Å². The molecule has 12 heteroatoms. The highest BCUT2D eigenvalue weighted by Gasteiger charge is 2.43. The molecule has 240 valence electrons. The zero-order valence-corrected chi connectivity index (χ0v) is 26.9. The molecular weight excluding hydrogens is 633 g/mol. The van der Waals surface area contributed by atoms with E-state index in [0.29, 0.717) is 32.5 Å². The maximum absolute atomic E-state index is 14.1. The van der Waals surface area contributed by atoms with E-state index >= 15 is 0 Å². The smallest absolute Gasteiger partial charge is 0.373 e. The highest BCUT2D eigenvalue weighted by molar-refractivity contribution is 6.38. The molecule has 4 rings (SSSR count). The van der Waals surface area contributed by atoms with Gasteiger partial charge in [-0.2, -0.15) is 0 Å². The van der Waals surface area contributed by atoms with Crippen LogP contribution < -0.4 is 10.5 Å². The average molecular weight is 667 g/mol. The summed E-state index contributed by atoms with van der Waals surface area (Å²) in [5.41, 5.74) is 8.01. The maximum Gasteiger partial charge on any atom is 0.373 e. The van der Waals surface area contributed by atoms with Gasteiger partial charge in [-0.25, -0.2) is 4.79 Å². The van der Waals surface area contributed by atoms with Crippen LogP contribution in [0.4, 0.5) is 0 Å². The Labute approximate surface area is 276 Å². The van der Waals surface area contributed by atoms with Gasteiger partial charge in [0.2, 0.25) is 5.91 Å². The molecule has 1 aliphatic rings. The first kappa shape index (κ1) is 34.4. The van der Waals surface area contributed by atoms with Gasteiger partial charge in [0, 0.05) is 34.8 Å². The Bertz CT molecular complexity index is 1670. The van der Waals surface area contributed by atoms with Gasteiger partial charge in [0.05, 0.1) is 12.2 Å². The second-order valence-electron chi connectivity index (χ2n) is 11.2. The van der Waals surface area contributed by atoms with Gasteiger partial charge < -0.3 is 25.4 Å². The highest BCUT2D eigenvalue weighted by Crippen LogP contribution is 2.33. The van der Waals surface area contributed by atoms with Crippen LogP contribution in [0.25, 0.3) is 5.70 Å². The second-order valence-corrected chi connectivity index (χ2v) is 12.1. The quantitative estimate of drug-likeness (QED) is 0.200. The van der Waals surface area contributed by atoms with Crippen molar-refractivity contribution in [1.82, 2.24) is 9.80 Å².